The van der Waals surface area contributed by atoms with Crippen LogP contribution in [0.5, 0.6) is 11.5 Å². The molecule has 0 amide bonds. The first-order chi connectivity index (χ1) is 11.2. The van der Waals surface area contributed by atoms with E-state index in [0.717, 1.165) is 5.56 Å². The highest BCUT2D eigenvalue weighted by molar-refractivity contribution is 6.32. The number of benzene rings is 1. The molecule has 6 nitrogen and oxygen atoms in total. The minimum atomic E-state index is 0.293. The molecule has 0 aliphatic carbocycles. The first-order valence-corrected chi connectivity index (χ1v) is 7.80. The van der Waals surface area contributed by atoms with E-state index >= 15 is 0 Å². The molecule has 0 spiro atoms. The first-order valence-electron chi connectivity index (χ1n) is 7.43. The molecule has 0 saturated carbocycles. The molecule has 23 heavy (non-hydrogen) atoms. The molecule has 0 fully saturated rings. The summed E-state index contributed by atoms with van der Waals surface area (Å²) in [5, 5.41) is 7.62. The Morgan fingerprint density at radius 3 is 2.96 bits per heavy atom. The lowest BCUT2D eigenvalue weighted by molar-refractivity contribution is 0.171. The number of aromatic nitrogens is 2. The molecule has 0 radical (unpaired) electrons. The average molecular weight is 336 g/mol. The van der Waals surface area contributed by atoms with E-state index in [2.05, 4.69) is 22.4 Å². The van der Waals surface area contributed by atoms with Gasteiger partial charge in [-0.25, -0.2) is 0 Å². The zero-order valence-electron chi connectivity index (χ0n) is 13.0. The lowest BCUT2D eigenvalue weighted by Crippen LogP contribution is -2.24. The lowest BCUT2D eigenvalue weighted by Gasteiger charge is -2.19. The summed E-state index contributed by atoms with van der Waals surface area (Å²) >= 11 is 6.21. The van der Waals surface area contributed by atoms with Crippen LogP contribution in [0.4, 0.5) is 0 Å². The quantitative estimate of drug-likeness (QED) is 0.906. The van der Waals surface area contributed by atoms with Gasteiger partial charge in [-0.15, -0.1) is 0 Å². The van der Waals surface area contributed by atoms with Gasteiger partial charge in [-0.3, -0.25) is 0 Å². The zero-order chi connectivity index (χ0) is 16.2. The minimum absolute atomic E-state index is 0.293. The maximum Gasteiger partial charge on any atom is 0.250 e. The number of halogens is 1. The van der Waals surface area contributed by atoms with Gasteiger partial charge in [-0.1, -0.05) is 16.8 Å². The summed E-state index contributed by atoms with van der Waals surface area (Å²) in [5.74, 6) is 2.37. The summed E-state index contributed by atoms with van der Waals surface area (Å²) in [6.45, 7) is 3.09. The van der Waals surface area contributed by atoms with E-state index in [9.17, 15) is 0 Å². The Labute approximate surface area is 139 Å². The molecule has 2 heterocycles. The van der Waals surface area contributed by atoms with E-state index in [1.165, 1.54) is 0 Å². The van der Waals surface area contributed by atoms with Crippen LogP contribution in [-0.2, 0) is 6.42 Å². The van der Waals surface area contributed by atoms with Crippen molar-refractivity contribution < 1.29 is 14.0 Å². The fourth-order valence-electron chi connectivity index (χ4n) is 2.19. The Balaban J connectivity index is 1.74. The average Bonchev–Trinajstić information content (AvgIpc) is 3.00. The molecule has 1 N–H and O–H groups in total. The molecule has 1 aliphatic rings. The van der Waals surface area contributed by atoms with Gasteiger partial charge < -0.3 is 19.3 Å². The topological polar surface area (TPSA) is 69.4 Å². The Morgan fingerprint density at radius 1 is 1.30 bits per heavy atom. The largest absolute Gasteiger partial charge is 0.486 e. The van der Waals surface area contributed by atoms with Crippen molar-refractivity contribution in [2.45, 2.75) is 19.4 Å². The molecular formula is C16H18ClN3O3. The van der Waals surface area contributed by atoms with Crippen LogP contribution in [0.15, 0.2) is 16.7 Å². The molecule has 3 rings (SSSR count). The van der Waals surface area contributed by atoms with Gasteiger partial charge in [-0.05, 0) is 37.7 Å². The van der Waals surface area contributed by atoms with Crippen molar-refractivity contribution >= 4 is 23.8 Å². The molecule has 0 bridgehead atoms. The molecule has 1 atom stereocenters. The zero-order valence-corrected chi connectivity index (χ0v) is 13.8. The number of hydrogen-bond acceptors (Lipinski definition) is 6. The molecule has 2 aromatic rings. The van der Waals surface area contributed by atoms with Gasteiger partial charge in [0, 0.05) is 18.5 Å². The Morgan fingerprint density at radius 2 is 2.13 bits per heavy atom. The van der Waals surface area contributed by atoms with Crippen LogP contribution < -0.4 is 14.8 Å². The predicted molar refractivity (Wildman–Crippen MR) is 87.9 cm³/mol. The Bertz CT molecular complexity index is 715. The standard InChI is InChI=1S/C16H18ClN3O3/c1-10(18-2)7-14-19-15(23-20-14)4-3-11-8-12(17)16-13(9-11)21-5-6-22-16/h3-4,8-10,18H,5-7H2,1-2H3/b4-3+. The highest BCUT2D eigenvalue weighted by Gasteiger charge is 2.16. The van der Waals surface area contributed by atoms with E-state index in [1.807, 2.05) is 25.3 Å². The maximum absolute atomic E-state index is 6.21. The Hall–Kier alpha value is -2.05. The lowest BCUT2D eigenvalue weighted by atomic mass is 10.2. The number of likely N-dealkylation sites (N-methyl/N-ethyl adjacent to an activating group) is 1. The van der Waals surface area contributed by atoms with Crippen molar-refractivity contribution in [3.05, 3.63) is 34.4 Å². The number of rotatable bonds is 5. The predicted octanol–water partition coefficient (Wildman–Crippen LogP) is 2.82. The number of ether oxygens (including phenoxy) is 2. The highest BCUT2D eigenvalue weighted by atomic mass is 35.5. The molecule has 1 unspecified atom stereocenters. The number of hydrogen-bond donors (Lipinski definition) is 1. The second-order valence-electron chi connectivity index (χ2n) is 5.30. The van der Waals surface area contributed by atoms with Gasteiger partial charge in [0.1, 0.15) is 13.2 Å². The van der Waals surface area contributed by atoms with Crippen LogP contribution in [0.1, 0.15) is 24.2 Å². The minimum Gasteiger partial charge on any atom is -0.486 e. The van der Waals surface area contributed by atoms with Gasteiger partial charge in [0.25, 0.3) is 5.89 Å². The summed E-state index contributed by atoms with van der Waals surface area (Å²) in [4.78, 5) is 4.33. The molecule has 1 aromatic carbocycles. The summed E-state index contributed by atoms with van der Waals surface area (Å²) in [6, 6.07) is 3.98. The van der Waals surface area contributed by atoms with E-state index in [-0.39, 0.29) is 0 Å². The van der Waals surface area contributed by atoms with Crippen LogP contribution in [0, 0.1) is 0 Å². The summed E-state index contributed by atoms with van der Waals surface area (Å²) < 4.78 is 16.3. The third-order valence-corrected chi connectivity index (χ3v) is 3.78. The number of fused-ring (bicyclic) bond motifs is 1. The van der Waals surface area contributed by atoms with Crippen LogP contribution in [0.3, 0.4) is 0 Å². The second kappa shape index (κ2) is 7.02. The van der Waals surface area contributed by atoms with Crippen LogP contribution in [0.2, 0.25) is 5.02 Å². The van der Waals surface area contributed by atoms with E-state index < -0.39 is 0 Å². The summed E-state index contributed by atoms with van der Waals surface area (Å²) in [6.07, 6.45) is 4.31. The third kappa shape index (κ3) is 3.83. The molecule has 0 saturated heterocycles. The van der Waals surface area contributed by atoms with Crippen molar-refractivity contribution in [3.8, 4) is 11.5 Å². The van der Waals surface area contributed by atoms with Crippen molar-refractivity contribution in [1.82, 2.24) is 15.5 Å². The van der Waals surface area contributed by atoms with Gasteiger partial charge in [0.05, 0.1) is 5.02 Å². The van der Waals surface area contributed by atoms with Crippen LogP contribution in [-0.4, -0.2) is 36.4 Å². The highest BCUT2D eigenvalue weighted by Crippen LogP contribution is 2.38. The molecular weight excluding hydrogens is 318 g/mol. The fraction of sp³-hybridized carbons (Fsp3) is 0.375. The molecule has 1 aromatic heterocycles. The van der Waals surface area contributed by atoms with Crippen molar-refractivity contribution in [3.63, 3.8) is 0 Å². The van der Waals surface area contributed by atoms with E-state index in [1.54, 1.807) is 6.08 Å². The molecule has 122 valence electrons. The second-order valence-corrected chi connectivity index (χ2v) is 5.71. The van der Waals surface area contributed by atoms with Crippen molar-refractivity contribution in [1.29, 1.82) is 0 Å². The maximum atomic E-state index is 6.21. The number of nitrogens with zero attached hydrogens (tertiary/aromatic N) is 2. The third-order valence-electron chi connectivity index (χ3n) is 3.50. The molecule has 7 heteroatoms. The van der Waals surface area contributed by atoms with Crippen molar-refractivity contribution in [2.75, 3.05) is 20.3 Å². The smallest absolute Gasteiger partial charge is 0.250 e. The van der Waals surface area contributed by atoms with Gasteiger partial charge >= 0.3 is 0 Å². The Kier molecular flexibility index (Phi) is 4.83. The van der Waals surface area contributed by atoms with E-state index in [4.69, 9.17) is 25.6 Å². The van der Waals surface area contributed by atoms with Gasteiger partial charge in [0.2, 0.25) is 0 Å². The van der Waals surface area contributed by atoms with Crippen molar-refractivity contribution in [2.24, 2.45) is 0 Å². The SMILES string of the molecule is CNC(C)Cc1noc(/C=C/c2cc(Cl)c3c(c2)OCCO3)n1. The fourth-order valence-corrected chi connectivity index (χ4v) is 2.46. The number of nitrogens with one attached hydrogen (secondary N) is 1. The van der Waals surface area contributed by atoms with E-state index in [0.29, 0.717) is 53.9 Å². The summed E-state index contributed by atoms with van der Waals surface area (Å²) in [7, 11) is 1.90. The first kappa shape index (κ1) is 15.8. The van der Waals surface area contributed by atoms with Crippen LogP contribution >= 0.6 is 11.6 Å². The van der Waals surface area contributed by atoms with Gasteiger partial charge in [-0.2, -0.15) is 4.98 Å². The van der Waals surface area contributed by atoms with Crippen LogP contribution in [0.25, 0.3) is 12.2 Å². The van der Waals surface area contributed by atoms with Gasteiger partial charge in [0.15, 0.2) is 17.3 Å². The summed E-state index contributed by atoms with van der Waals surface area (Å²) in [5.41, 5.74) is 0.877. The monoisotopic (exact) mass is 335 g/mol. The molecule has 1 aliphatic heterocycles. The normalized spacial score (nSPS) is 15.1.